The van der Waals surface area contributed by atoms with Crippen molar-refractivity contribution >= 4 is 15.9 Å². The van der Waals surface area contributed by atoms with E-state index in [9.17, 15) is 0 Å². The van der Waals surface area contributed by atoms with Crippen molar-refractivity contribution < 1.29 is 0 Å². The van der Waals surface area contributed by atoms with Crippen molar-refractivity contribution in [3.8, 4) is 0 Å². The molecule has 60 valence electrons. The minimum atomic E-state index is 0.536. The van der Waals surface area contributed by atoms with Crippen molar-refractivity contribution in [1.82, 2.24) is 15.1 Å². The van der Waals surface area contributed by atoms with Gasteiger partial charge >= 0.3 is 0 Å². The molecule has 2 rings (SSSR count). The molecule has 0 aliphatic carbocycles. The van der Waals surface area contributed by atoms with Gasteiger partial charge < -0.3 is 5.32 Å². The van der Waals surface area contributed by atoms with Crippen LogP contribution in [-0.4, -0.2) is 15.8 Å². The number of nitrogens with zero attached hydrogens (tertiary/aromatic N) is 2. The van der Waals surface area contributed by atoms with E-state index in [-0.39, 0.29) is 0 Å². The SMILES string of the molecule is CC1Cn2nc(Br)cc2CN1. The Morgan fingerprint density at radius 1 is 1.82 bits per heavy atom. The molecule has 0 saturated carbocycles. The smallest absolute Gasteiger partial charge is 0.128 e. The maximum absolute atomic E-state index is 4.29. The summed E-state index contributed by atoms with van der Waals surface area (Å²) in [5, 5.41) is 7.66. The van der Waals surface area contributed by atoms with Crippen molar-refractivity contribution in [2.45, 2.75) is 26.1 Å². The van der Waals surface area contributed by atoms with Crippen LogP contribution < -0.4 is 5.32 Å². The van der Waals surface area contributed by atoms with Crippen LogP contribution in [-0.2, 0) is 13.1 Å². The number of fused-ring (bicyclic) bond motifs is 1. The number of halogens is 1. The van der Waals surface area contributed by atoms with Gasteiger partial charge in [0.25, 0.3) is 0 Å². The van der Waals surface area contributed by atoms with Crippen LogP contribution in [0.15, 0.2) is 10.7 Å². The summed E-state index contributed by atoms with van der Waals surface area (Å²) in [6, 6.07) is 2.59. The normalized spacial score (nSPS) is 23.3. The summed E-state index contributed by atoms with van der Waals surface area (Å²) in [5.74, 6) is 0. The highest BCUT2D eigenvalue weighted by Crippen LogP contribution is 2.13. The number of hydrogen-bond donors (Lipinski definition) is 1. The van der Waals surface area contributed by atoms with E-state index in [1.807, 2.05) is 4.68 Å². The Balaban J connectivity index is 2.34. The van der Waals surface area contributed by atoms with Gasteiger partial charge in [-0.05, 0) is 28.9 Å². The summed E-state index contributed by atoms with van der Waals surface area (Å²) in [6.45, 7) is 4.07. The topological polar surface area (TPSA) is 29.9 Å². The third-order valence-corrected chi connectivity index (χ3v) is 2.30. The monoisotopic (exact) mass is 215 g/mol. The van der Waals surface area contributed by atoms with E-state index in [0.717, 1.165) is 17.7 Å². The molecule has 1 aromatic rings. The van der Waals surface area contributed by atoms with Gasteiger partial charge in [-0.25, -0.2) is 0 Å². The maximum atomic E-state index is 4.29. The highest BCUT2D eigenvalue weighted by molar-refractivity contribution is 9.10. The summed E-state index contributed by atoms with van der Waals surface area (Å²) < 4.78 is 2.98. The molecule has 2 heterocycles. The zero-order chi connectivity index (χ0) is 7.84. The van der Waals surface area contributed by atoms with E-state index in [1.165, 1.54) is 5.69 Å². The minimum Gasteiger partial charge on any atom is -0.307 e. The average molecular weight is 216 g/mol. The fourth-order valence-electron chi connectivity index (χ4n) is 1.32. The molecule has 0 aromatic carbocycles. The van der Waals surface area contributed by atoms with Crippen molar-refractivity contribution in [3.05, 3.63) is 16.4 Å². The first-order valence-corrected chi connectivity index (χ1v) is 4.50. The Kier molecular flexibility index (Phi) is 1.73. The van der Waals surface area contributed by atoms with Crippen LogP contribution in [0.25, 0.3) is 0 Å². The summed E-state index contributed by atoms with van der Waals surface area (Å²) in [4.78, 5) is 0. The molecule has 1 aromatic heterocycles. The second kappa shape index (κ2) is 2.60. The van der Waals surface area contributed by atoms with Gasteiger partial charge in [-0.2, -0.15) is 5.10 Å². The summed E-state index contributed by atoms with van der Waals surface area (Å²) in [6.07, 6.45) is 0. The lowest BCUT2D eigenvalue weighted by molar-refractivity contribution is 0.388. The van der Waals surface area contributed by atoms with Crippen LogP contribution in [0, 0.1) is 0 Å². The Labute approximate surface area is 73.9 Å². The van der Waals surface area contributed by atoms with Crippen molar-refractivity contribution in [2.24, 2.45) is 0 Å². The molecular weight excluding hydrogens is 206 g/mol. The van der Waals surface area contributed by atoms with Gasteiger partial charge in [0, 0.05) is 12.6 Å². The van der Waals surface area contributed by atoms with E-state index in [4.69, 9.17) is 0 Å². The molecule has 0 bridgehead atoms. The minimum absolute atomic E-state index is 0.536. The Hall–Kier alpha value is -0.350. The van der Waals surface area contributed by atoms with Gasteiger partial charge in [-0.15, -0.1) is 0 Å². The molecule has 4 heteroatoms. The first-order chi connectivity index (χ1) is 5.25. The van der Waals surface area contributed by atoms with E-state index in [0.29, 0.717) is 6.04 Å². The van der Waals surface area contributed by atoms with Gasteiger partial charge in [-0.3, -0.25) is 4.68 Å². The second-order valence-corrected chi connectivity index (χ2v) is 3.73. The lowest BCUT2D eigenvalue weighted by Gasteiger charge is -2.21. The molecule has 0 fully saturated rings. The zero-order valence-corrected chi connectivity index (χ0v) is 7.93. The Morgan fingerprint density at radius 3 is 3.45 bits per heavy atom. The predicted octanol–water partition coefficient (Wildman–Crippen LogP) is 1.14. The molecule has 3 nitrogen and oxygen atoms in total. The maximum Gasteiger partial charge on any atom is 0.128 e. The highest BCUT2D eigenvalue weighted by Gasteiger charge is 2.14. The van der Waals surface area contributed by atoms with Crippen LogP contribution >= 0.6 is 15.9 Å². The Bertz CT molecular complexity index is 269. The van der Waals surface area contributed by atoms with E-state index < -0.39 is 0 Å². The van der Waals surface area contributed by atoms with Crippen LogP contribution in [0.3, 0.4) is 0 Å². The molecule has 0 radical (unpaired) electrons. The summed E-state index contributed by atoms with van der Waals surface area (Å²) in [5.41, 5.74) is 1.26. The van der Waals surface area contributed by atoms with Crippen molar-refractivity contribution in [1.29, 1.82) is 0 Å². The van der Waals surface area contributed by atoms with Crippen molar-refractivity contribution in [3.63, 3.8) is 0 Å². The van der Waals surface area contributed by atoms with Gasteiger partial charge in [0.2, 0.25) is 0 Å². The average Bonchev–Trinajstić information content (AvgIpc) is 2.27. The third kappa shape index (κ3) is 1.32. The zero-order valence-electron chi connectivity index (χ0n) is 6.34. The van der Waals surface area contributed by atoms with E-state index in [1.54, 1.807) is 0 Å². The van der Waals surface area contributed by atoms with E-state index in [2.05, 4.69) is 39.3 Å². The van der Waals surface area contributed by atoms with Gasteiger partial charge in [0.15, 0.2) is 0 Å². The van der Waals surface area contributed by atoms with Crippen LogP contribution in [0.1, 0.15) is 12.6 Å². The van der Waals surface area contributed by atoms with Gasteiger partial charge in [0.1, 0.15) is 4.60 Å². The molecule has 0 amide bonds. The molecule has 1 aliphatic rings. The molecule has 1 unspecified atom stereocenters. The summed E-state index contributed by atoms with van der Waals surface area (Å²) >= 11 is 3.35. The first kappa shape index (κ1) is 7.31. The molecule has 0 spiro atoms. The number of nitrogens with one attached hydrogen (secondary N) is 1. The van der Waals surface area contributed by atoms with E-state index >= 15 is 0 Å². The van der Waals surface area contributed by atoms with Crippen LogP contribution in [0.2, 0.25) is 0 Å². The van der Waals surface area contributed by atoms with Crippen molar-refractivity contribution in [2.75, 3.05) is 0 Å². The quantitative estimate of drug-likeness (QED) is 0.704. The lowest BCUT2D eigenvalue weighted by atomic mass is 10.2. The highest BCUT2D eigenvalue weighted by atomic mass is 79.9. The van der Waals surface area contributed by atoms with Crippen LogP contribution in [0.4, 0.5) is 0 Å². The van der Waals surface area contributed by atoms with Gasteiger partial charge in [0.05, 0.1) is 12.2 Å². The van der Waals surface area contributed by atoms with Crippen LogP contribution in [0.5, 0.6) is 0 Å². The summed E-state index contributed by atoms with van der Waals surface area (Å²) in [7, 11) is 0. The lowest BCUT2D eigenvalue weighted by Crippen LogP contribution is -2.36. The first-order valence-electron chi connectivity index (χ1n) is 3.71. The molecule has 1 atom stereocenters. The number of aromatic nitrogens is 2. The molecule has 1 N–H and O–H groups in total. The number of hydrogen-bond acceptors (Lipinski definition) is 2. The van der Waals surface area contributed by atoms with Gasteiger partial charge in [-0.1, -0.05) is 0 Å². The fraction of sp³-hybridized carbons (Fsp3) is 0.571. The largest absolute Gasteiger partial charge is 0.307 e. The molecular formula is C7H10BrN3. The molecule has 11 heavy (non-hydrogen) atoms. The second-order valence-electron chi connectivity index (χ2n) is 2.92. The standard InChI is InChI=1S/C7H10BrN3/c1-5-4-11-6(3-9-5)2-7(8)10-11/h2,5,9H,3-4H2,1H3. The number of rotatable bonds is 0. The fourth-order valence-corrected chi connectivity index (χ4v) is 1.78. The molecule has 1 aliphatic heterocycles. The predicted molar refractivity (Wildman–Crippen MR) is 46.2 cm³/mol. The third-order valence-electron chi connectivity index (χ3n) is 1.91. The molecule has 0 saturated heterocycles. The Morgan fingerprint density at radius 2 is 2.64 bits per heavy atom.